The summed E-state index contributed by atoms with van der Waals surface area (Å²) in [6.45, 7) is 0. The molecule has 4 heterocycles. The van der Waals surface area contributed by atoms with Crippen LogP contribution in [0.25, 0.3) is 66.1 Å². The van der Waals surface area contributed by atoms with Crippen molar-refractivity contribution in [3.05, 3.63) is 224 Å². The minimum absolute atomic E-state index is 0.0370. The lowest BCUT2D eigenvalue weighted by Crippen LogP contribution is -2.18. The number of para-hydroxylation sites is 6. The summed E-state index contributed by atoms with van der Waals surface area (Å²) in [6, 6.07) is 70.9. The molecule has 2 aromatic heterocycles. The van der Waals surface area contributed by atoms with Crippen LogP contribution in [0.4, 0.5) is 34.1 Å². The Morgan fingerprint density at radius 3 is 1.66 bits per heavy atom. The number of rotatable bonds is 9. The van der Waals surface area contributed by atoms with E-state index >= 15 is 8.42 Å². The van der Waals surface area contributed by atoms with Crippen molar-refractivity contribution in [2.75, 3.05) is 24.0 Å². The van der Waals surface area contributed by atoms with Crippen LogP contribution in [0.15, 0.2) is 234 Å². The second-order valence-electron chi connectivity index (χ2n) is 18.3. The normalized spacial score (nSPS) is 13.1. The quantitative estimate of drug-likeness (QED) is 0.110. The number of methoxy groups -OCH3 is 2. The summed E-state index contributed by atoms with van der Waals surface area (Å²) >= 11 is 0. The summed E-state index contributed by atoms with van der Waals surface area (Å²) < 4.78 is 90.1. The van der Waals surface area contributed by atoms with Crippen molar-refractivity contribution in [1.82, 2.24) is 9.13 Å². The van der Waals surface area contributed by atoms with E-state index in [-0.39, 0.29) is 33.5 Å². The molecule has 0 atom stereocenters. The number of benzene rings is 10. The van der Waals surface area contributed by atoms with Crippen molar-refractivity contribution in [2.24, 2.45) is 0 Å². The molecule has 0 saturated carbocycles. The molecule has 76 heavy (non-hydrogen) atoms. The maximum Gasteiger partial charge on any atom is 0.343 e. The third kappa shape index (κ3) is 7.52. The van der Waals surface area contributed by atoms with Crippen molar-refractivity contribution in [1.29, 1.82) is 0 Å². The van der Waals surface area contributed by atoms with Gasteiger partial charge in [-0.15, -0.1) is 0 Å². The minimum Gasteiger partial charge on any atom is -0.493 e. The topological polar surface area (TPSA) is 133 Å². The van der Waals surface area contributed by atoms with Gasteiger partial charge in [0.05, 0.1) is 53.3 Å². The Morgan fingerprint density at radius 1 is 0.474 bits per heavy atom. The van der Waals surface area contributed by atoms with Gasteiger partial charge in [-0.1, -0.05) is 103 Å². The van der Waals surface area contributed by atoms with Crippen LogP contribution in [-0.2, 0) is 20.2 Å². The van der Waals surface area contributed by atoms with Crippen LogP contribution >= 0.6 is 0 Å². The molecule has 0 saturated heterocycles. The minimum atomic E-state index is -4.84. The van der Waals surface area contributed by atoms with Gasteiger partial charge in [0, 0.05) is 50.0 Å². The van der Waals surface area contributed by atoms with Gasteiger partial charge in [0.15, 0.2) is 17.2 Å². The van der Waals surface area contributed by atoms with Gasteiger partial charge in [0.2, 0.25) is 0 Å². The molecule has 372 valence electrons. The molecule has 0 spiro atoms. The molecular formula is C62H44N4O8S2. The lowest BCUT2D eigenvalue weighted by atomic mass is 10.0. The number of hydrogen-bond donors (Lipinski definition) is 1. The molecule has 0 aliphatic carbocycles. The molecule has 0 amide bonds. The van der Waals surface area contributed by atoms with Gasteiger partial charge in [-0.2, -0.15) is 16.8 Å². The summed E-state index contributed by atoms with van der Waals surface area (Å²) in [5, 5.41) is 3.83. The second-order valence-corrected chi connectivity index (χ2v) is 21.2. The molecule has 2 aliphatic rings. The Kier molecular flexibility index (Phi) is 11.0. The fourth-order valence-electron chi connectivity index (χ4n) is 10.8. The summed E-state index contributed by atoms with van der Waals surface area (Å²) in [4.78, 5) is 2.93. The number of fused-ring (bicyclic) bond motifs is 9. The third-order valence-electron chi connectivity index (χ3n) is 14.1. The number of anilines is 6. The lowest BCUT2D eigenvalue weighted by Gasteiger charge is -2.29. The summed E-state index contributed by atoms with van der Waals surface area (Å²) in [6.07, 6.45) is 0. The molecule has 14 heteroatoms. The fourth-order valence-corrected chi connectivity index (χ4v) is 12.6. The van der Waals surface area contributed by atoms with E-state index in [4.69, 9.17) is 13.7 Å². The first-order chi connectivity index (χ1) is 37.0. The molecule has 12 nitrogen and oxygen atoms in total. The van der Waals surface area contributed by atoms with Crippen molar-refractivity contribution in [3.63, 3.8) is 0 Å². The predicted octanol–water partition coefficient (Wildman–Crippen LogP) is 14.8. The molecular weight excluding hydrogens is 993 g/mol. The monoisotopic (exact) mass is 1040 g/mol. The van der Waals surface area contributed by atoms with E-state index in [1.165, 1.54) is 32.4 Å². The standard InChI is InChI=1S/C62H44N4O8S2/c1-72-61-57(24-13-25-59(61)75(67,68)69)66(46-33-36-54-50(39-46)48-20-10-12-22-52(48)65(54)43-17-7-4-8-18-43)55-34-29-41-37-58(55)74-76(70,71)60-26-14-23-56(62(60)73-2)63(44-30-27-40(41)28-31-44)45-32-35-53-49(38-45)47-19-9-11-21-51(47)64(53)42-15-5-3-6-16-42/h3-39H,1-2H3,(H,67,68,69). The number of ether oxygens (including phenoxy) is 2. The molecule has 1 N–H and O–H groups in total. The van der Waals surface area contributed by atoms with E-state index < -0.39 is 25.1 Å². The Hall–Kier alpha value is -9.34. The third-order valence-corrected chi connectivity index (χ3v) is 16.2. The largest absolute Gasteiger partial charge is 0.493 e. The van der Waals surface area contributed by atoms with Crippen LogP contribution in [0, 0.1) is 0 Å². The Bertz CT molecular complexity index is 4520. The van der Waals surface area contributed by atoms with Crippen molar-refractivity contribution >= 4 is 98.0 Å². The van der Waals surface area contributed by atoms with Crippen LogP contribution < -0.4 is 23.5 Å². The molecule has 10 aromatic carbocycles. The van der Waals surface area contributed by atoms with Gasteiger partial charge in [-0.25, -0.2) is 0 Å². The molecule has 14 rings (SSSR count). The van der Waals surface area contributed by atoms with Crippen LogP contribution in [0.2, 0.25) is 0 Å². The average Bonchev–Trinajstić information content (AvgIpc) is 4.10. The van der Waals surface area contributed by atoms with Crippen LogP contribution in [0.5, 0.6) is 17.2 Å². The summed E-state index contributed by atoms with van der Waals surface area (Å²) in [5.41, 5.74) is 10.0. The Balaban J connectivity index is 1.02. The van der Waals surface area contributed by atoms with Gasteiger partial charge in [0.25, 0.3) is 10.1 Å². The molecule has 0 radical (unpaired) electrons. The van der Waals surface area contributed by atoms with Gasteiger partial charge in [0.1, 0.15) is 9.79 Å². The fraction of sp³-hybridized carbons (Fsp3) is 0.0323. The highest BCUT2D eigenvalue weighted by Gasteiger charge is 2.33. The van der Waals surface area contributed by atoms with Crippen LogP contribution in [-0.4, -0.2) is 44.7 Å². The average molecular weight is 1040 g/mol. The molecule has 2 aliphatic heterocycles. The second kappa shape index (κ2) is 18.0. The zero-order chi connectivity index (χ0) is 51.9. The number of aromatic nitrogens is 2. The molecule has 12 aromatic rings. The SMILES string of the molecule is COc1c(N(c2ccc3c(c2)c2ccccc2n3-c2ccccc2)c2ccc3cc2OS(=O)(=O)c2cccc(c2OC)N(c2ccc4c(c2)c2ccccc2n4-c2ccccc2)c2ccc-3cc2)cccc1S(=O)(=O)O. The highest BCUT2D eigenvalue weighted by atomic mass is 32.2. The highest BCUT2D eigenvalue weighted by Crippen LogP contribution is 2.51. The molecule has 0 unspecified atom stereocenters. The summed E-state index contributed by atoms with van der Waals surface area (Å²) in [5.74, 6) is -0.250. The van der Waals surface area contributed by atoms with Crippen LogP contribution in [0.1, 0.15) is 0 Å². The first kappa shape index (κ1) is 46.4. The maximum atomic E-state index is 15.3. The van der Waals surface area contributed by atoms with Crippen LogP contribution in [0.3, 0.4) is 0 Å². The first-order valence-electron chi connectivity index (χ1n) is 24.3. The van der Waals surface area contributed by atoms with Crippen molar-refractivity contribution in [3.8, 4) is 39.8 Å². The molecule has 0 fully saturated rings. The molecule has 6 bridgehead atoms. The predicted molar refractivity (Wildman–Crippen MR) is 301 cm³/mol. The van der Waals surface area contributed by atoms with E-state index in [1.54, 1.807) is 29.2 Å². The van der Waals surface area contributed by atoms with Gasteiger partial charge in [-0.3, -0.25) is 4.55 Å². The lowest BCUT2D eigenvalue weighted by molar-refractivity contribution is 0.398. The van der Waals surface area contributed by atoms with E-state index in [1.807, 2.05) is 150 Å². The van der Waals surface area contributed by atoms with Crippen molar-refractivity contribution < 1.29 is 35.0 Å². The summed E-state index contributed by atoms with van der Waals surface area (Å²) in [7, 11) is -6.88. The smallest absolute Gasteiger partial charge is 0.343 e. The maximum absolute atomic E-state index is 15.3. The number of nitrogens with zero attached hydrogens (tertiary/aromatic N) is 4. The number of hydrogen-bond acceptors (Lipinski definition) is 9. The van der Waals surface area contributed by atoms with E-state index in [0.29, 0.717) is 16.9 Å². The highest BCUT2D eigenvalue weighted by molar-refractivity contribution is 7.87. The Labute approximate surface area is 437 Å². The van der Waals surface area contributed by atoms with Gasteiger partial charge >= 0.3 is 10.1 Å². The zero-order valence-electron chi connectivity index (χ0n) is 40.8. The Morgan fingerprint density at radius 2 is 1.03 bits per heavy atom. The zero-order valence-corrected chi connectivity index (χ0v) is 42.4. The van der Waals surface area contributed by atoms with Crippen molar-refractivity contribution in [2.45, 2.75) is 9.79 Å². The van der Waals surface area contributed by atoms with E-state index in [2.05, 4.69) is 45.5 Å². The van der Waals surface area contributed by atoms with Gasteiger partial charge in [-0.05, 0) is 132 Å². The van der Waals surface area contributed by atoms with E-state index in [9.17, 15) is 13.0 Å². The van der Waals surface area contributed by atoms with Gasteiger partial charge < -0.3 is 32.6 Å². The van der Waals surface area contributed by atoms with E-state index in [0.717, 1.165) is 71.9 Å². The first-order valence-corrected chi connectivity index (χ1v) is 27.1.